The molecule has 46 valence electrons. The van der Waals surface area contributed by atoms with E-state index >= 15 is 0 Å². The molecule has 0 saturated heterocycles. The molecule has 1 rings (SSSR count). The predicted molar refractivity (Wildman–Crippen MR) is 29.1 cm³/mol. The van der Waals surface area contributed by atoms with E-state index in [0.717, 1.165) is 12.8 Å². The Morgan fingerprint density at radius 2 is 1.50 bits per heavy atom. The molecule has 8 heavy (non-hydrogen) atoms. The molecule has 2 heteroatoms. The quantitative estimate of drug-likeness (QED) is 0.663. The van der Waals surface area contributed by atoms with Gasteiger partial charge in [0.1, 0.15) is 0 Å². The summed E-state index contributed by atoms with van der Waals surface area (Å²) in [6, 6.07) is 0. The zero-order chi connectivity index (χ0) is 5.11. The summed E-state index contributed by atoms with van der Waals surface area (Å²) in [7, 11) is 0. The molecule has 1 nitrogen and oxygen atoms in total. The van der Waals surface area contributed by atoms with Gasteiger partial charge in [0.2, 0.25) is 0 Å². The fraction of sp³-hybridized carbons (Fsp3) is 1.00. The van der Waals surface area contributed by atoms with Crippen LogP contribution in [0.2, 0.25) is 0 Å². The normalized spacial score (nSPS) is 22.1. The second-order valence-electron chi connectivity index (χ2n) is 2.29. The molecule has 1 aliphatic rings. The van der Waals surface area contributed by atoms with Crippen molar-refractivity contribution in [2.75, 3.05) is 0 Å². The summed E-state index contributed by atoms with van der Waals surface area (Å²) < 4.78 is 0. The van der Waals surface area contributed by atoms with E-state index in [9.17, 15) is 0 Å². The average molecular weight is 279 g/mol. The summed E-state index contributed by atoms with van der Waals surface area (Å²) in [6.07, 6.45) is 5.92. The van der Waals surface area contributed by atoms with Crippen LogP contribution in [0.25, 0.3) is 0 Å². The van der Waals surface area contributed by atoms with Gasteiger partial charge in [0.05, 0.1) is 6.10 Å². The van der Waals surface area contributed by atoms with Crippen molar-refractivity contribution in [1.29, 1.82) is 0 Å². The smallest absolute Gasteiger partial charge is 0.0540 e. The summed E-state index contributed by atoms with van der Waals surface area (Å²) >= 11 is 0. The van der Waals surface area contributed by atoms with Crippen molar-refractivity contribution in [3.05, 3.63) is 0 Å². The summed E-state index contributed by atoms with van der Waals surface area (Å²) in [5.41, 5.74) is 0. The minimum atomic E-state index is 0. The Hall–Kier alpha value is 0.830. The summed E-state index contributed by atoms with van der Waals surface area (Å²) in [4.78, 5) is 0. The van der Waals surface area contributed by atoms with Crippen molar-refractivity contribution in [3.63, 3.8) is 0 Å². The van der Waals surface area contributed by atoms with Crippen molar-refractivity contribution in [3.8, 4) is 0 Å². The topological polar surface area (TPSA) is 20.2 Å². The van der Waals surface area contributed by atoms with Gasteiger partial charge in [-0.3, -0.25) is 0 Å². The SMILES string of the molecule is OC1CCCCC1.[Hf]. The van der Waals surface area contributed by atoms with Gasteiger partial charge in [-0.05, 0) is 12.8 Å². The van der Waals surface area contributed by atoms with Crippen LogP contribution in [-0.2, 0) is 25.8 Å². The Labute approximate surface area is 69.3 Å². The number of hydrogen-bond donors (Lipinski definition) is 1. The summed E-state index contributed by atoms with van der Waals surface area (Å²) in [5, 5.41) is 8.91. The van der Waals surface area contributed by atoms with Gasteiger partial charge in [0.25, 0.3) is 0 Å². The van der Waals surface area contributed by atoms with Gasteiger partial charge in [-0.25, -0.2) is 0 Å². The molecule has 0 atom stereocenters. The molecule has 1 aliphatic carbocycles. The maximum absolute atomic E-state index is 8.91. The molecule has 0 heterocycles. The van der Waals surface area contributed by atoms with Crippen LogP contribution in [0, 0.1) is 0 Å². The van der Waals surface area contributed by atoms with E-state index in [1.807, 2.05) is 0 Å². The van der Waals surface area contributed by atoms with E-state index < -0.39 is 0 Å². The minimum Gasteiger partial charge on any atom is -0.393 e. The largest absolute Gasteiger partial charge is 0.393 e. The first-order chi connectivity index (χ1) is 3.39. The second kappa shape index (κ2) is 4.68. The Kier molecular flexibility index (Phi) is 5.17. The first-order valence-electron chi connectivity index (χ1n) is 3.07. The third-order valence-corrected chi connectivity index (χ3v) is 1.57. The number of rotatable bonds is 0. The van der Waals surface area contributed by atoms with Crippen molar-refractivity contribution >= 4 is 0 Å². The molecule has 0 aliphatic heterocycles. The van der Waals surface area contributed by atoms with Crippen molar-refractivity contribution in [1.82, 2.24) is 0 Å². The number of aliphatic hydroxyl groups excluding tert-OH is 1. The van der Waals surface area contributed by atoms with Gasteiger partial charge in [-0.2, -0.15) is 0 Å². The van der Waals surface area contributed by atoms with Crippen LogP contribution >= 0.6 is 0 Å². The van der Waals surface area contributed by atoms with Crippen LogP contribution in [0.4, 0.5) is 0 Å². The fourth-order valence-corrected chi connectivity index (χ4v) is 1.08. The zero-order valence-corrected chi connectivity index (χ0v) is 8.65. The Morgan fingerprint density at radius 1 is 1.00 bits per heavy atom. The molecule has 0 aromatic carbocycles. The Morgan fingerprint density at radius 3 is 1.75 bits per heavy atom. The Bertz CT molecular complexity index is 50.5. The third-order valence-electron chi connectivity index (χ3n) is 1.57. The molecule has 0 amide bonds. The van der Waals surface area contributed by atoms with Crippen molar-refractivity contribution < 1.29 is 30.9 Å². The summed E-state index contributed by atoms with van der Waals surface area (Å²) in [6.45, 7) is 0. The molecule has 0 spiro atoms. The maximum Gasteiger partial charge on any atom is 0.0540 e. The minimum absolute atomic E-state index is 0. The molecular weight excluding hydrogens is 267 g/mol. The molecular formula is C6H12HfO. The third kappa shape index (κ3) is 2.98. The zero-order valence-electron chi connectivity index (χ0n) is 5.06. The van der Waals surface area contributed by atoms with Crippen LogP contribution < -0.4 is 0 Å². The van der Waals surface area contributed by atoms with Crippen LogP contribution in [0.3, 0.4) is 0 Å². The Balaban J connectivity index is 0.000000490. The number of hydrogen-bond acceptors (Lipinski definition) is 1. The van der Waals surface area contributed by atoms with Crippen LogP contribution in [0.5, 0.6) is 0 Å². The molecule has 0 unspecified atom stereocenters. The predicted octanol–water partition coefficient (Wildman–Crippen LogP) is 1.31. The monoisotopic (exact) mass is 280 g/mol. The average Bonchev–Trinajstić information content (AvgIpc) is 1.69. The van der Waals surface area contributed by atoms with Gasteiger partial charge in [-0.15, -0.1) is 0 Å². The van der Waals surface area contributed by atoms with E-state index in [0.29, 0.717) is 0 Å². The first kappa shape index (κ1) is 8.83. The first-order valence-corrected chi connectivity index (χ1v) is 3.07. The van der Waals surface area contributed by atoms with Gasteiger partial charge in [0, 0.05) is 25.8 Å². The maximum atomic E-state index is 8.91. The van der Waals surface area contributed by atoms with Crippen LogP contribution in [0.1, 0.15) is 32.1 Å². The molecule has 1 saturated carbocycles. The second-order valence-corrected chi connectivity index (χ2v) is 2.29. The van der Waals surface area contributed by atoms with Crippen LogP contribution in [-0.4, -0.2) is 11.2 Å². The number of aliphatic hydroxyl groups is 1. The fourth-order valence-electron chi connectivity index (χ4n) is 1.08. The van der Waals surface area contributed by atoms with E-state index in [2.05, 4.69) is 0 Å². The molecule has 0 bridgehead atoms. The van der Waals surface area contributed by atoms with E-state index in [4.69, 9.17) is 5.11 Å². The van der Waals surface area contributed by atoms with Gasteiger partial charge >= 0.3 is 0 Å². The van der Waals surface area contributed by atoms with Crippen LogP contribution in [0.15, 0.2) is 0 Å². The standard InChI is InChI=1S/C6H12O.Hf/c7-6-4-2-1-3-5-6;/h6-7H,1-5H2;. The molecule has 1 fully saturated rings. The molecule has 1 N–H and O–H groups in total. The van der Waals surface area contributed by atoms with Crippen molar-refractivity contribution in [2.45, 2.75) is 38.2 Å². The van der Waals surface area contributed by atoms with Crippen molar-refractivity contribution in [2.24, 2.45) is 0 Å². The molecule has 0 aromatic heterocycles. The molecule has 0 aromatic rings. The van der Waals surface area contributed by atoms with Gasteiger partial charge < -0.3 is 5.11 Å². The van der Waals surface area contributed by atoms with E-state index in [1.165, 1.54) is 19.3 Å². The van der Waals surface area contributed by atoms with E-state index in [1.54, 1.807) is 0 Å². The van der Waals surface area contributed by atoms with Gasteiger partial charge in [-0.1, -0.05) is 19.3 Å². The van der Waals surface area contributed by atoms with Gasteiger partial charge in [0.15, 0.2) is 0 Å². The van der Waals surface area contributed by atoms with E-state index in [-0.39, 0.29) is 31.9 Å². The summed E-state index contributed by atoms with van der Waals surface area (Å²) in [5.74, 6) is 0. The molecule has 0 radical (unpaired) electrons.